The largest absolute Gasteiger partial charge is 0.378 e. The molecule has 35 heavy (non-hydrogen) atoms. The normalized spacial score (nSPS) is 14.0. The molecule has 4 aromatic rings. The standard InChI is InChI=1S/C25H24N8O2/c1-25(2,15-26)32-23(34)20-5-3-4-19(30-20)17-10-16-11-21(31-22(16)27-12-17)18-13-28-24(29-14-18)33-6-8-35-9-7-33/h3-5,10-14H,6-9H2,1-2H3,(H,27,31)(H,32,34). The number of aromatic nitrogens is 5. The van der Waals surface area contributed by atoms with Crippen LogP contribution in [0.2, 0.25) is 0 Å². The second-order valence-corrected chi connectivity index (χ2v) is 8.81. The van der Waals surface area contributed by atoms with Gasteiger partial charge in [-0.3, -0.25) is 4.79 Å². The Morgan fingerprint density at radius 2 is 1.86 bits per heavy atom. The molecule has 0 spiro atoms. The van der Waals surface area contributed by atoms with Crippen LogP contribution in [0.3, 0.4) is 0 Å². The molecule has 0 atom stereocenters. The van der Waals surface area contributed by atoms with E-state index in [1.807, 2.05) is 18.2 Å². The van der Waals surface area contributed by atoms with E-state index in [0.717, 1.165) is 40.9 Å². The van der Waals surface area contributed by atoms with Crippen LogP contribution < -0.4 is 10.2 Å². The average Bonchev–Trinajstić information content (AvgIpc) is 3.33. The lowest BCUT2D eigenvalue weighted by Crippen LogP contribution is -2.42. The Morgan fingerprint density at radius 3 is 2.60 bits per heavy atom. The van der Waals surface area contributed by atoms with E-state index in [4.69, 9.17) is 10.00 Å². The van der Waals surface area contributed by atoms with Gasteiger partial charge < -0.3 is 19.9 Å². The third-order valence-corrected chi connectivity index (χ3v) is 5.70. The minimum Gasteiger partial charge on any atom is -0.378 e. The van der Waals surface area contributed by atoms with Crippen LogP contribution in [0.15, 0.2) is 48.9 Å². The van der Waals surface area contributed by atoms with E-state index in [0.29, 0.717) is 24.9 Å². The van der Waals surface area contributed by atoms with Crippen molar-refractivity contribution in [1.82, 2.24) is 30.2 Å². The highest BCUT2D eigenvalue weighted by Gasteiger charge is 2.21. The number of nitrogens with one attached hydrogen (secondary N) is 2. The number of nitrogens with zero attached hydrogens (tertiary/aromatic N) is 6. The Bertz CT molecular complexity index is 1420. The predicted molar refractivity (Wildman–Crippen MR) is 131 cm³/mol. The Labute approximate surface area is 202 Å². The number of hydrogen-bond acceptors (Lipinski definition) is 8. The van der Waals surface area contributed by atoms with Crippen LogP contribution in [-0.4, -0.2) is 62.7 Å². The maximum atomic E-state index is 12.5. The number of ether oxygens (including phenoxy) is 1. The molecule has 0 aliphatic carbocycles. The van der Waals surface area contributed by atoms with Gasteiger partial charge in [-0.15, -0.1) is 0 Å². The minimum atomic E-state index is -0.985. The highest BCUT2D eigenvalue weighted by molar-refractivity contribution is 5.94. The Hall–Kier alpha value is -4.36. The number of carbonyl (C=O) groups excluding carboxylic acids is 1. The van der Waals surface area contributed by atoms with Gasteiger partial charge in [0.05, 0.1) is 30.7 Å². The molecule has 10 nitrogen and oxygen atoms in total. The second-order valence-electron chi connectivity index (χ2n) is 8.81. The maximum absolute atomic E-state index is 12.5. The summed E-state index contributed by atoms with van der Waals surface area (Å²) in [6.45, 7) is 6.20. The van der Waals surface area contributed by atoms with Gasteiger partial charge in [-0.1, -0.05) is 6.07 Å². The van der Waals surface area contributed by atoms with Crippen LogP contribution in [-0.2, 0) is 4.74 Å². The van der Waals surface area contributed by atoms with Gasteiger partial charge in [-0.05, 0) is 38.1 Å². The zero-order valence-electron chi connectivity index (χ0n) is 19.4. The first-order valence-electron chi connectivity index (χ1n) is 11.3. The summed E-state index contributed by atoms with van der Waals surface area (Å²) in [4.78, 5) is 36.0. The molecule has 1 saturated heterocycles. The van der Waals surface area contributed by atoms with Crippen LogP contribution in [0.5, 0.6) is 0 Å². The Balaban J connectivity index is 1.38. The van der Waals surface area contributed by atoms with Crippen molar-refractivity contribution in [2.75, 3.05) is 31.2 Å². The zero-order chi connectivity index (χ0) is 24.4. The maximum Gasteiger partial charge on any atom is 0.271 e. The summed E-state index contributed by atoms with van der Waals surface area (Å²) >= 11 is 0. The van der Waals surface area contributed by atoms with Crippen molar-refractivity contribution >= 4 is 22.9 Å². The molecule has 5 heterocycles. The van der Waals surface area contributed by atoms with Gasteiger partial charge >= 0.3 is 0 Å². The molecule has 176 valence electrons. The molecule has 0 saturated carbocycles. The zero-order valence-corrected chi connectivity index (χ0v) is 19.4. The fourth-order valence-corrected chi connectivity index (χ4v) is 3.80. The summed E-state index contributed by atoms with van der Waals surface area (Å²) in [7, 11) is 0. The number of hydrogen-bond donors (Lipinski definition) is 2. The van der Waals surface area contributed by atoms with Crippen LogP contribution in [0, 0.1) is 11.3 Å². The number of morpholine rings is 1. The van der Waals surface area contributed by atoms with Crippen molar-refractivity contribution in [1.29, 1.82) is 5.26 Å². The molecule has 1 amide bonds. The van der Waals surface area contributed by atoms with Crippen molar-refractivity contribution in [2.24, 2.45) is 0 Å². The smallest absolute Gasteiger partial charge is 0.271 e. The highest BCUT2D eigenvalue weighted by atomic mass is 16.5. The minimum absolute atomic E-state index is 0.234. The van der Waals surface area contributed by atoms with Crippen LogP contribution in [0.25, 0.3) is 33.5 Å². The molecule has 1 aliphatic heterocycles. The number of nitriles is 1. The molecule has 0 bridgehead atoms. The van der Waals surface area contributed by atoms with Gasteiger partial charge in [0.25, 0.3) is 5.91 Å². The first kappa shape index (κ1) is 22.4. The number of carbonyl (C=O) groups is 1. The molecule has 4 aromatic heterocycles. The van der Waals surface area contributed by atoms with E-state index < -0.39 is 11.4 Å². The SMILES string of the molecule is CC(C)(C#N)NC(=O)c1cccc(-c2cnc3[nH]c(-c4cnc(N5CCOCC5)nc4)cc3c2)n1. The number of anilines is 1. The third kappa shape index (κ3) is 4.81. The van der Waals surface area contributed by atoms with Crippen molar-refractivity contribution in [3.05, 3.63) is 54.6 Å². The molecule has 0 radical (unpaired) electrons. The lowest BCUT2D eigenvalue weighted by Gasteiger charge is -2.26. The van der Waals surface area contributed by atoms with Gasteiger partial charge in [-0.25, -0.2) is 19.9 Å². The highest BCUT2D eigenvalue weighted by Crippen LogP contribution is 2.26. The van der Waals surface area contributed by atoms with E-state index in [2.05, 4.69) is 41.2 Å². The molecular formula is C25H24N8O2. The van der Waals surface area contributed by atoms with Crippen LogP contribution >= 0.6 is 0 Å². The molecule has 0 aromatic carbocycles. The van der Waals surface area contributed by atoms with E-state index in [1.54, 1.807) is 44.6 Å². The van der Waals surface area contributed by atoms with Gasteiger partial charge in [-0.2, -0.15) is 5.26 Å². The summed E-state index contributed by atoms with van der Waals surface area (Å²) in [5.41, 5.74) is 3.08. The Morgan fingerprint density at radius 1 is 1.11 bits per heavy atom. The fourth-order valence-electron chi connectivity index (χ4n) is 3.80. The summed E-state index contributed by atoms with van der Waals surface area (Å²) in [5, 5.41) is 12.7. The van der Waals surface area contributed by atoms with Gasteiger partial charge in [0.15, 0.2) is 0 Å². The predicted octanol–water partition coefficient (Wildman–Crippen LogP) is 2.95. The van der Waals surface area contributed by atoms with E-state index >= 15 is 0 Å². The van der Waals surface area contributed by atoms with Crippen molar-refractivity contribution in [3.63, 3.8) is 0 Å². The number of pyridine rings is 2. The van der Waals surface area contributed by atoms with E-state index in [9.17, 15) is 4.79 Å². The van der Waals surface area contributed by atoms with Crippen LogP contribution in [0.1, 0.15) is 24.3 Å². The number of amides is 1. The number of H-pyrrole nitrogens is 1. The van der Waals surface area contributed by atoms with Crippen molar-refractivity contribution in [2.45, 2.75) is 19.4 Å². The van der Waals surface area contributed by atoms with Gasteiger partial charge in [0.2, 0.25) is 5.95 Å². The number of rotatable bonds is 5. The monoisotopic (exact) mass is 468 g/mol. The summed E-state index contributed by atoms with van der Waals surface area (Å²) < 4.78 is 5.39. The summed E-state index contributed by atoms with van der Waals surface area (Å²) in [5.74, 6) is 0.290. The molecule has 1 aliphatic rings. The average molecular weight is 469 g/mol. The van der Waals surface area contributed by atoms with Crippen LogP contribution in [0.4, 0.5) is 5.95 Å². The summed E-state index contributed by atoms with van der Waals surface area (Å²) in [6, 6.07) is 11.2. The second kappa shape index (κ2) is 9.12. The molecule has 2 N–H and O–H groups in total. The Kier molecular flexibility index (Phi) is 5.84. The molecule has 10 heteroatoms. The quantitative estimate of drug-likeness (QED) is 0.457. The first-order valence-corrected chi connectivity index (χ1v) is 11.3. The van der Waals surface area contributed by atoms with Crippen molar-refractivity contribution < 1.29 is 9.53 Å². The number of aromatic amines is 1. The topological polar surface area (TPSA) is 133 Å². The van der Waals surface area contributed by atoms with Gasteiger partial charge in [0, 0.05) is 48.2 Å². The molecule has 5 rings (SSSR count). The molecule has 0 unspecified atom stereocenters. The van der Waals surface area contributed by atoms with Crippen molar-refractivity contribution in [3.8, 4) is 28.6 Å². The summed E-state index contributed by atoms with van der Waals surface area (Å²) in [6.07, 6.45) is 5.31. The third-order valence-electron chi connectivity index (χ3n) is 5.70. The molecular weight excluding hydrogens is 444 g/mol. The van der Waals surface area contributed by atoms with E-state index in [1.165, 1.54) is 0 Å². The first-order chi connectivity index (χ1) is 16.9. The fraction of sp³-hybridized carbons (Fsp3) is 0.280. The lowest BCUT2D eigenvalue weighted by atomic mass is 10.1. The lowest BCUT2D eigenvalue weighted by molar-refractivity contribution is 0.0924. The molecule has 1 fully saturated rings. The van der Waals surface area contributed by atoms with Gasteiger partial charge in [0.1, 0.15) is 16.9 Å². The number of fused-ring (bicyclic) bond motifs is 1. The van der Waals surface area contributed by atoms with E-state index in [-0.39, 0.29) is 5.69 Å².